The molecule has 0 bridgehead atoms. The molecule has 0 N–H and O–H groups in total. The Morgan fingerprint density at radius 3 is 2.86 bits per heavy atom. The van der Waals surface area contributed by atoms with Gasteiger partial charge in [-0.05, 0) is 33.8 Å². The van der Waals surface area contributed by atoms with Crippen LogP contribution in [0.5, 0.6) is 0 Å². The van der Waals surface area contributed by atoms with Crippen LogP contribution < -0.4 is 0 Å². The fourth-order valence-corrected chi connectivity index (χ4v) is 2.92. The van der Waals surface area contributed by atoms with Gasteiger partial charge in [0, 0.05) is 12.0 Å². The summed E-state index contributed by atoms with van der Waals surface area (Å²) in [6.07, 6.45) is 0.581. The number of carbonyl (C=O) groups excluding carboxylic acids is 1. The zero-order valence-electron chi connectivity index (χ0n) is 7.82. The van der Waals surface area contributed by atoms with Gasteiger partial charge in [0.2, 0.25) is 0 Å². The lowest BCUT2D eigenvalue weighted by atomic mass is 10.1. The molecule has 0 aliphatic carbocycles. The summed E-state index contributed by atoms with van der Waals surface area (Å²) in [7, 11) is 0. The number of thiophene rings is 2. The molecule has 0 aliphatic rings. The second kappa shape index (κ2) is 4.07. The van der Waals surface area contributed by atoms with Crippen molar-refractivity contribution in [3.05, 3.63) is 33.2 Å². The molecule has 0 radical (unpaired) electrons. The highest BCUT2D eigenvalue weighted by Gasteiger charge is 2.12. The Balaban J connectivity index is 2.45. The molecule has 72 valence electrons. The smallest absolute Gasteiger partial charge is 0.173 e. The van der Waals surface area contributed by atoms with Crippen LogP contribution >= 0.6 is 22.7 Å². The van der Waals surface area contributed by atoms with Crippen molar-refractivity contribution < 1.29 is 4.79 Å². The van der Waals surface area contributed by atoms with Crippen molar-refractivity contribution in [3.8, 4) is 11.1 Å². The Bertz CT molecular complexity index is 426. The van der Waals surface area contributed by atoms with Gasteiger partial charge in [-0.15, -0.1) is 11.3 Å². The van der Waals surface area contributed by atoms with Crippen molar-refractivity contribution in [2.75, 3.05) is 0 Å². The van der Waals surface area contributed by atoms with E-state index in [4.69, 9.17) is 0 Å². The molecule has 0 saturated heterocycles. The van der Waals surface area contributed by atoms with Gasteiger partial charge in [0.05, 0.1) is 4.88 Å². The summed E-state index contributed by atoms with van der Waals surface area (Å²) in [6, 6.07) is 4.08. The van der Waals surface area contributed by atoms with E-state index in [1.54, 1.807) is 11.3 Å². The molecule has 0 aliphatic heterocycles. The summed E-state index contributed by atoms with van der Waals surface area (Å²) in [5.41, 5.74) is 2.25. The van der Waals surface area contributed by atoms with Gasteiger partial charge in [-0.1, -0.05) is 6.92 Å². The molecule has 0 atom stereocenters. The summed E-state index contributed by atoms with van der Waals surface area (Å²) in [6.45, 7) is 1.90. The van der Waals surface area contributed by atoms with Crippen molar-refractivity contribution in [2.24, 2.45) is 0 Å². The molecule has 2 aromatic heterocycles. The average molecular weight is 222 g/mol. The highest BCUT2D eigenvalue weighted by atomic mass is 32.1. The fraction of sp³-hybridized carbons (Fsp3) is 0.182. The number of Topliss-reactive ketones (excluding diaryl/α,β-unsaturated/α-hetero) is 1. The predicted octanol–water partition coefficient (Wildman–Crippen LogP) is 4.07. The number of ketones is 1. The molecule has 3 heteroatoms. The zero-order chi connectivity index (χ0) is 9.97. The highest BCUT2D eigenvalue weighted by molar-refractivity contribution is 7.12. The van der Waals surface area contributed by atoms with E-state index in [9.17, 15) is 4.79 Å². The van der Waals surface area contributed by atoms with Gasteiger partial charge in [-0.2, -0.15) is 11.3 Å². The van der Waals surface area contributed by atoms with Gasteiger partial charge in [-0.25, -0.2) is 0 Å². The van der Waals surface area contributed by atoms with Gasteiger partial charge in [0.15, 0.2) is 5.78 Å². The lowest BCUT2D eigenvalue weighted by Gasteiger charge is -1.98. The summed E-state index contributed by atoms with van der Waals surface area (Å²) in [5, 5.41) is 6.09. The maximum Gasteiger partial charge on any atom is 0.173 e. The molecule has 0 aromatic carbocycles. The van der Waals surface area contributed by atoms with Gasteiger partial charge >= 0.3 is 0 Å². The van der Waals surface area contributed by atoms with Crippen LogP contribution in [0.1, 0.15) is 23.0 Å². The number of carbonyl (C=O) groups is 1. The molecular formula is C11H10OS2. The Morgan fingerprint density at radius 2 is 2.21 bits per heavy atom. The molecule has 0 fully saturated rings. The second-order valence-electron chi connectivity index (χ2n) is 2.95. The molecule has 2 aromatic rings. The minimum atomic E-state index is 0.237. The zero-order valence-corrected chi connectivity index (χ0v) is 9.45. The van der Waals surface area contributed by atoms with Crippen LogP contribution in [-0.2, 0) is 0 Å². The maximum absolute atomic E-state index is 11.6. The Labute approximate surface area is 91.0 Å². The summed E-state index contributed by atoms with van der Waals surface area (Å²) < 4.78 is 0. The SMILES string of the molecule is CCC(=O)c1sccc1-c1ccsc1. The molecule has 2 heterocycles. The van der Waals surface area contributed by atoms with Crippen LogP contribution in [0.25, 0.3) is 11.1 Å². The first-order valence-electron chi connectivity index (χ1n) is 4.46. The second-order valence-corrected chi connectivity index (χ2v) is 4.65. The topological polar surface area (TPSA) is 17.1 Å². The third-order valence-corrected chi connectivity index (χ3v) is 3.71. The first-order valence-corrected chi connectivity index (χ1v) is 6.28. The quantitative estimate of drug-likeness (QED) is 0.715. The van der Waals surface area contributed by atoms with Crippen LogP contribution in [0.4, 0.5) is 0 Å². The largest absolute Gasteiger partial charge is 0.293 e. The third-order valence-electron chi connectivity index (χ3n) is 2.07. The minimum absolute atomic E-state index is 0.237. The van der Waals surface area contributed by atoms with E-state index in [0.29, 0.717) is 6.42 Å². The number of hydrogen-bond acceptors (Lipinski definition) is 3. The molecule has 0 spiro atoms. The number of rotatable bonds is 3. The molecule has 2 rings (SSSR count). The predicted molar refractivity (Wildman–Crippen MR) is 62.3 cm³/mol. The fourth-order valence-electron chi connectivity index (χ4n) is 1.33. The summed E-state index contributed by atoms with van der Waals surface area (Å²) >= 11 is 3.19. The van der Waals surface area contributed by atoms with E-state index in [0.717, 1.165) is 16.0 Å². The molecule has 0 saturated carbocycles. The van der Waals surface area contributed by atoms with Gasteiger partial charge < -0.3 is 0 Å². The lowest BCUT2D eigenvalue weighted by molar-refractivity contribution is 0.0992. The third kappa shape index (κ3) is 1.65. The van der Waals surface area contributed by atoms with Crippen molar-refractivity contribution in [2.45, 2.75) is 13.3 Å². The van der Waals surface area contributed by atoms with Crippen molar-refractivity contribution in [3.63, 3.8) is 0 Å². The Morgan fingerprint density at radius 1 is 1.36 bits per heavy atom. The van der Waals surface area contributed by atoms with E-state index < -0.39 is 0 Å². The van der Waals surface area contributed by atoms with Crippen molar-refractivity contribution in [1.29, 1.82) is 0 Å². The molecular weight excluding hydrogens is 212 g/mol. The lowest BCUT2D eigenvalue weighted by Crippen LogP contribution is -1.94. The maximum atomic E-state index is 11.6. The van der Waals surface area contributed by atoms with Crippen LogP contribution in [0.15, 0.2) is 28.3 Å². The first kappa shape index (κ1) is 9.62. The van der Waals surface area contributed by atoms with E-state index >= 15 is 0 Å². The van der Waals surface area contributed by atoms with Gasteiger partial charge in [0.25, 0.3) is 0 Å². The van der Waals surface area contributed by atoms with Crippen LogP contribution in [0.2, 0.25) is 0 Å². The van der Waals surface area contributed by atoms with E-state index in [2.05, 4.69) is 11.4 Å². The normalized spacial score (nSPS) is 10.4. The highest BCUT2D eigenvalue weighted by Crippen LogP contribution is 2.30. The molecule has 1 nitrogen and oxygen atoms in total. The van der Waals surface area contributed by atoms with E-state index in [1.807, 2.05) is 23.8 Å². The average Bonchev–Trinajstić information content (AvgIpc) is 2.85. The van der Waals surface area contributed by atoms with Crippen LogP contribution in [0.3, 0.4) is 0 Å². The Kier molecular flexibility index (Phi) is 2.79. The molecule has 0 amide bonds. The van der Waals surface area contributed by atoms with Crippen molar-refractivity contribution >= 4 is 28.5 Å². The monoisotopic (exact) mass is 222 g/mol. The van der Waals surface area contributed by atoms with E-state index in [-0.39, 0.29) is 5.78 Å². The molecule has 0 unspecified atom stereocenters. The number of hydrogen-bond donors (Lipinski definition) is 0. The van der Waals surface area contributed by atoms with Crippen LogP contribution in [-0.4, -0.2) is 5.78 Å². The minimum Gasteiger partial charge on any atom is -0.293 e. The van der Waals surface area contributed by atoms with Crippen LogP contribution in [0, 0.1) is 0 Å². The van der Waals surface area contributed by atoms with Gasteiger partial charge in [-0.3, -0.25) is 4.79 Å². The first-order chi connectivity index (χ1) is 6.83. The summed E-state index contributed by atoms with van der Waals surface area (Å²) in [5.74, 6) is 0.237. The molecule has 14 heavy (non-hydrogen) atoms. The van der Waals surface area contributed by atoms with Crippen molar-refractivity contribution in [1.82, 2.24) is 0 Å². The Hall–Kier alpha value is -0.930. The standard InChI is InChI=1S/C11H10OS2/c1-2-10(12)11-9(4-6-14-11)8-3-5-13-7-8/h3-7H,2H2,1H3. The van der Waals surface area contributed by atoms with E-state index in [1.165, 1.54) is 11.3 Å². The van der Waals surface area contributed by atoms with Gasteiger partial charge in [0.1, 0.15) is 0 Å². The summed E-state index contributed by atoms with van der Waals surface area (Å²) in [4.78, 5) is 12.5.